The van der Waals surface area contributed by atoms with Crippen molar-refractivity contribution in [2.45, 2.75) is 30.6 Å². The van der Waals surface area contributed by atoms with Crippen molar-refractivity contribution in [3.63, 3.8) is 0 Å². The van der Waals surface area contributed by atoms with Crippen molar-refractivity contribution in [2.24, 2.45) is 5.73 Å². The van der Waals surface area contributed by atoms with Crippen LogP contribution in [-0.2, 0) is 4.74 Å². The first-order chi connectivity index (χ1) is 5.57. The fraction of sp³-hybridized carbons (Fsp3) is 1.00. The van der Waals surface area contributed by atoms with Gasteiger partial charge < -0.3 is 30.9 Å². The van der Waals surface area contributed by atoms with Crippen molar-refractivity contribution in [1.29, 1.82) is 0 Å². The van der Waals surface area contributed by atoms with Gasteiger partial charge in [0.05, 0.1) is 12.6 Å². The van der Waals surface area contributed by atoms with Crippen LogP contribution < -0.4 is 5.73 Å². The summed E-state index contributed by atoms with van der Waals surface area (Å²) in [6.07, 6.45) is -4.85. The van der Waals surface area contributed by atoms with Crippen LogP contribution in [0.2, 0.25) is 0 Å². The minimum absolute atomic E-state index is 0.470. The van der Waals surface area contributed by atoms with Crippen molar-refractivity contribution in [2.75, 3.05) is 6.61 Å². The van der Waals surface area contributed by atoms with Gasteiger partial charge in [0, 0.05) is 0 Å². The van der Waals surface area contributed by atoms with Gasteiger partial charge in [0.1, 0.15) is 18.3 Å². The van der Waals surface area contributed by atoms with Gasteiger partial charge in [-0.25, -0.2) is 0 Å². The van der Waals surface area contributed by atoms with Gasteiger partial charge in [0.2, 0.25) is 0 Å². The third-order valence-electron chi connectivity index (χ3n) is 1.95. The molecule has 0 aromatic carbocycles. The quantitative estimate of drug-likeness (QED) is 0.288. The normalized spacial score (nSPS) is 49.2. The van der Waals surface area contributed by atoms with Crippen LogP contribution in [0.4, 0.5) is 0 Å². The van der Waals surface area contributed by atoms with Gasteiger partial charge in [-0.2, -0.15) is 0 Å². The fourth-order valence-corrected chi connectivity index (χ4v) is 1.12. The first-order valence-electron chi connectivity index (χ1n) is 3.64. The van der Waals surface area contributed by atoms with Crippen LogP contribution in [0, 0.1) is 0 Å². The van der Waals surface area contributed by atoms with Crippen molar-refractivity contribution in [1.82, 2.24) is 0 Å². The molecule has 6 N–H and O–H groups in total. The molecule has 1 unspecified atom stereocenters. The van der Waals surface area contributed by atoms with E-state index in [0.29, 0.717) is 0 Å². The van der Waals surface area contributed by atoms with Crippen molar-refractivity contribution >= 4 is 0 Å². The summed E-state index contributed by atoms with van der Waals surface area (Å²) in [5.41, 5.74) is 5.26. The molecular weight excluding hydrogens is 166 g/mol. The molecule has 0 saturated carbocycles. The molecule has 1 aliphatic heterocycles. The molecule has 6 heteroatoms. The van der Waals surface area contributed by atoms with E-state index >= 15 is 0 Å². The Hall–Kier alpha value is -0.240. The maximum Gasteiger partial charge on any atom is 0.173 e. The Morgan fingerprint density at radius 2 is 1.75 bits per heavy atom. The van der Waals surface area contributed by atoms with Crippen LogP contribution in [0.5, 0.6) is 0 Å². The van der Waals surface area contributed by atoms with Gasteiger partial charge in [0.25, 0.3) is 0 Å². The molecule has 0 aromatic heterocycles. The smallest absolute Gasteiger partial charge is 0.173 e. The van der Waals surface area contributed by atoms with Crippen molar-refractivity contribution < 1.29 is 25.2 Å². The summed E-state index contributed by atoms with van der Waals surface area (Å²) in [7, 11) is 0. The molecule has 0 amide bonds. The molecule has 6 nitrogen and oxygen atoms in total. The van der Waals surface area contributed by atoms with Gasteiger partial charge in [0.15, 0.2) is 6.29 Å². The van der Waals surface area contributed by atoms with Crippen LogP contribution in [-0.4, -0.2) is 57.7 Å². The second-order valence-corrected chi connectivity index (χ2v) is 2.81. The Bertz CT molecular complexity index is 150. The summed E-state index contributed by atoms with van der Waals surface area (Å²) < 4.78 is 4.70. The summed E-state index contributed by atoms with van der Waals surface area (Å²) in [5, 5.41) is 36.1. The third kappa shape index (κ3) is 1.58. The van der Waals surface area contributed by atoms with E-state index in [1.54, 1.807) is 0 Å². The second-order valence-electron chi connectivity index (χ2n) is 2.81. The molecule has 0 bridgehead atoms. The SMILES string of the molecule is N[C@@H]1C(O)O[C@H](CO)[C@H](O)[C@@H]1O. The molecule has 1 heterocycles. The first kappa shape index (κ1) is 9.85. The molecule has 0 radical (unpaired) electrons. The molecule has 1 fully saturated rings. The van der Waals surface area contributed by atoms with E-state index in [4.69, 9.17) is 20.7 Å². The largest absolute Gasteiger partial charge is 0.394 e. The Morgan fingerprint density at radius 1 is 1.17 bits per heavy atom. The molecule has 1 aliphatic rings. The summed E-state index contributed by atoms with van der Waals surface area (Å²) >= 11 is 0. The lowest BCUT2D eigenvalue weighted by Gasteiger charge is -2.38. The Morgan fingerprint density at radius 3 is 2.25 bits per heavy atom. The monoisotopic (exact) mass is 179 g/mol. The molecule has 12 heavy (non-hydrogen) atoms. The van der Waals surface area contributed by atoms with Crippen LogP contribution in [0.3, 0.4) is 0 Å². The molecule has 0 aromatic rings. The topological polar surface area (TPSA) is 116 Å². The summed E-state index contributed by atoms with van der Waals surface area (Å²) in [5.74, 6) is 0. The first-order valence-corrected chi connectivity index (χ1v) is 3.64. The Kier molecular flexibility index (Phi) is 2.99. The number of ether oxygens (including phenoxy) is 1. The predicted molar refractivity (Wildman–Crippen MR) is 38.0 cm³/mol. The van der Waals surface area contributed by atoms with Crippen molar-refractivity contribution in [3.05, 3.63) is 0 Å². The third-order valence-corrected chi connectivity index (χ3v) is 1.95. The molecule has 1 rings (SSSR count). The fourth-order valence-electron chi connectivity index (χ4n) is 1.12. The second kappa shape index (κ2) is 3.65. The van der Waals surface area contributed by atoms with Crippen molar-refractivity contribution in [3.8, 4) is 0 Å². The summed E-state index contributed by atoms with van der Waals surface area (Å²) in [6, 6.07) is -1.04. The zero-order chi connectivity index (χ0) is 9.30. The number of hydrogen-bond acceptors (Lipinski definition) is 6. The van der Waals surface area contributed by atoms with E-state index in [9.17, 15) is 10.2 Å². The molecule has 0 spiro atoms. The number of hydrogen-bond donors (Lipinski definition) is 5. The van der Waals surface area contributed by atoms with Gasteiger partial charge >= 0.3 is 0 Å². The summed E-state index contributed by atoms with van der Waals surface area (Å²) in [4.78, 5) is 0. The maximum absolute atomic E-state index is 9.20. The number of aliphatic hydroxyl groups excluding tert-OH is 4. The van der Waals surface area contributed by atoms with Crippen LogP contribution >= 0.6 is 0 Å². The Labute approximate surface area is 69.2 Å². The molecule has 5 atom stereocenters. The average molecular weight is 179 g/mol. The highest BCUT2D eigenvalue weighted by atomic mass is 16.6. The van der Waals surface area contributed by atoms with E-state index in [1.165, 1.54) is 0 Å². The molecule has 72 valence electrons. The highest BCUT2D eigenvalue weighted by molar-refractivity contribution is 4.90. The number of aliphatic hydroxyl groups is 4. The summed E-state index contributed by atoms with van der Waals surface area (Å²) in [6.45, 7) is -0.470. The van der Waals surface area contributed by atoms with Crippen LogP contribution in [0.25, 0.3) is 0 Å². The lowest BCUT2D eigenvalue weighted by molar-refractivity contribution is -0.248. The maximum atomic E-state index is 9.20. The molecular formula is C6H13NO5. The zero-order valence-electron chi connectivity index (χ0n) is 6.37. The minimum atomic E-state index is -1.35. The number of nitrogens with two attached hydrogens (primary N) is 1. The predicted octanol–water partition coefficient (Wildman–Crippen LogP) is -3.25. The molecule has 1 saturated heterocycles. The van der Waals surface area contributed by atoms with Gasteiger partial charge in [-0.3, -0.25) is 0 Å². The van der Waals surface area contributed by atoms with Crippen LogP contribution in [0.1, 0.15) is 0 Å². The van der Waals surface area contributed by atoms with Gasteiger partial charge in [-0.15, -0.1) is 0 Å². The minimum Gasteiger partial charge on any atom is -0.394 e. The van der Waals surface area contributed by atoms with Gasteiger partial charge in [-0.1, -0.05) is 0 Å². The van der Waals surface area contributed by atoms with E-state index in [1.807, 2.05) is 0 Å². The highest BCUT2D eigenvalue weighted by Gasteiger charge is 2.41. The van der Waals surface area contributed by atoms with E-state index < -0.39 is 37.3 Å². The van der Waals surface area contributed by atoms with E-state index in [0.717, 1.165) is 0 Å². The number of rotatable bonds is 1. The van der Waals surface area contributed by atoms with E-state index in [-0.39, 0.29) is 0 Å². The average Bonchev–Trinajstić information content (AvgIpc) is 2.08. The Balaban J connectivity index is 2.63. The lowest BCUT2D eigenvalue weighted by Crippen LogP contribution is -2.61. The van der Waals surface area contributed by atoms with E-state index in [2.05, 4.69) is 0 Å². The van der Waals surface area contributed by atoms with Crippen LogP contribution in [0.15, 0.2) is 0 Å². The van der Waals surface area contributed by atoms with Gasteiger partial charge in [-0.05, 0) is 0 Å². The lowest BCUT2D eigenvalue weighted by atomic mass is 9.98. The highest BCUT2D eigenvalue weighted by Crippen LogP contribution is 2.17. The standard InChI is InChI=1S/C6H13NO5/c7-3-5(10)4(9)2(1-8)12-6(3)11/h2-6,8-11H,1,7H2/t2-,3+,4+,5-,6?/m1/s1. The molecule has 0 aliphatic carbocycles. The zero-order valence-corrected chi connectivity index (χ0v) is 6.37.